The predicted molar refractivity (Wildman–Crippen MR) is 86.8 cm³/mol. The Morgan fingerprint density at radius 3 is 2.57 bits per heavy atom. The molecule has 21 heavy (non-hydrogen) atoms. The second-order valence-electron chi connectivity index (χ2n) is 5.66. The molecule has 0 bridgehead atoms. The van der Waals surface area contributed by atoms with Crippen LogP contribution in [0.4, 0.5) is 0 Å². The number of fused-ring (bicyclic) bond motifs is 1. The van der Waals surface area contributed by atoms with Crippen molar-refractivity contribution in [3.8, 4) is 5.75 Å². The first-order valence-electron chi connectivity index (χ1n) is 7.82. The van der Waals surface area contributed by atoms with E-state index in [1.165, 1.54) is 16.7 Å². The summed E-state index contributed by atoms with van der Waals surface area (Å²) >= 11 is 0. The Morgan fingerprint density at radius 1 is 1.10 bits per heavy atom. The highest BCUT2D eigenvalue weighted by atomic mass is 16.5. The molecule has 0 spiro atoms. The fourth-order valence-electron chi connectivity index (χ4n) is 3.18. The third kappa shape index (κ3) is 2.96. The summed E-state index contributed by atoms with van der Waals surface area (Å²) in [5, 5.41) is 3.43. The van der Waals surface area contributed by atoms with Crippen LogP contribution < -0.4 is 10.1 Å². The van der Waals surface area contributed by atoms with Crippen molar-refractivity contribution in [3.63, 3.8) is 0 Å². The molecule has 1 aliphatic carbocycles. The predicted octanol–water partition coefficient (Wildman–Crippen LogP) is 3.90. The molecule has 2 unspecified atom stereocenters. The van der Waals surface area contributed by atoms with Crippen LogP contribution in [0.2, 0.25) is 0 Å². The maximum absolute atomic E-state index is 6.25. The van der Waals surface area contributed by atoms with Gasteiger partial charge in [0.1, 0.15) is 11.9 Å². The van der Waals surface area contributed by atoms with Crippen molar-refractivity contribution < 1.29 is 4.74 Å². The molecule has 2 nitrogen and oxygen atoms in total. The molecule has 2 aromatic rings. The minimum atomic E-state index is 0.192. The molecule has 2 atom stereocenters. The fourth-order valence-corrected chi connectivity index (χ4v) is 3.18. The van der Waals surface area contributed by atoms with Crippen LogP contribution >= 0.6 is 0 Å². The van der Waals surface area contributed by atoms with Crippen molar-refractivity contribution >= 4 is 0 Å². The Kier molecular flexibility index (Phi) is 4.26. The number of nitrogens with one attached hydrogen (secondary N) is 1. The number of hydrogen-bond donors (Lipinski definition) is 1. The van der Waals surface area contributed by atoms with E-state index in [-0.39, 0.29) is 12.1 Å². The molecule has 110 valence electrons. The van der Waals surface area contributed by atoms with E-state index in [4.69, 9.17) is 4.74 Å². The van der Waals surface area contributed by atoms with Crippen LogP contribution in [0.15, 0.2) is 48.5 Å². The minimum absolute atomic E-state index is 0.192. The molecule has 2 aromatic carbocycles. The van der Waals surface area contributed by atoms with Gasteiger partial charge in [0.15, 0.2) is 0 Å². The Bertz CT molecular complexity index is 591. The zero-order valence-corrected chi connectivity index (χ0v) is 12.8. The number of aryl methyl sites for hydroxylation is 2. The molecule has 2 heteroatoms. The Balaban J connectivity index is 1.79. The number of hydrogen-bond acceptors (Lipinski definition) is 2. The molecule has 0 saturated heterocycles. The van der Waals surface area contributed by atoms with Gasteiger partial charge >= 0.3 is 0 Å². The molecular formula is C19H23NO. The quantitative estimate of drug-likeness (QED) is 0.917. The first-order chi connectivity index (χ1) is 10.3. The van der Waals surface area contributed by atoms with Gasteiger partial charge in [-0.25, -0.2) is 0 Å². The zero-order chi connectivity index (χ0) is 14.7. The molecule has 0 aromatic heterocycles. The van der Waals surface area contributed by atoms with Gasteiger partial charge in [-0.15, -0.1) is 0 Å². The third-order valence-electron chi connectivity index (χ3n) is 4.39. The minimum Gasteiger partial charge on any atom is -0.488 e. The molecule has 0 amide bonds. The van der Waals surface area contributed by atoms with Crippen LogP contribution in [0.1, 0.15) is 36.1 Å². The average Bonchev–Trinajstić information content (AvgIpc) is 2.55. The van der Waals surface area contributed by atoms with Crippen molar-refractivity contribution in [2.75, 3.05) is 7.05 Å². The molecular weight excluding hydrogens is 258 g/mol. The van der Waals surface area contributed by atoms with Crippen LogP contribution in [0.5, 0.6) is 5.75 Å². The van der Waals surface area contributed by atoms with Gasteiger partial charge in [0.25, 0.3) is 0 Å². The van der Waals surface area contributed by atoms with Crippen LogP contribution in [0.25, 0.3) is 0 Å². The molecule has 0 aliphatic heterocycles. The SMILES string of the molecule is CCc1ccc(OC2CCc3ccccc3C2NC)cc1. The number of likely N-dealkylation sites (N-methyl/N-ethyl adjacent to an activating group) is 1. The van der Waals surface area contributed by atoms with E-state index in [1.54, 1.807) is 0 Å². The second-order valence-corrected chi connectivity index (χ2v) is 5.66. The van der Waals surface area contributed by atoms with Gasteiger partial charge in [-0.3, -0.25) is 0 Å². The lowest BCUT2D eigenvalue weighted by molar-refractivity contribution is 0.139. The standard InChI is InChI=1S/C19H23NO/c1-3-14-8-11-16(12-9-14)21-18-13-10-15-6-4-5-7-17(15)19(18)20-2/h4-9,11-12,18-20H,3,10,13H2,1-2H3. The number of rotatable bonds is 4. The van der Waals surface area contributed by atoms with E-state index in [9.17, 15) is 0 Å². The maximum atomic E-state index is 6.25. The molecule has 1 N–H and O–H groups in total. The fraction of sp³-hybridized carbons (Fsp3) is 0.368. The summed E-state index contributed by atoms with van der Waals surface area (Å²) in [6, 6.07) is 17.4. The van der Waals surface area contributed by atoms with Gasteiger partial charge in [-0.05, 0) is 55.1 Å². The molecule has 0 radical (unpaired) electrons. The maximum Gasteiger partial charge on any atom is 0.119 e. The lowest BCUT2D eigenvalue weighted by Gasteiger charge is -2.33. The summed E-state index contributed by atoms with van der Waals surface area (Å²) < 4.78 is 6.25. The molecule has 0 fully saturated rings. The normalized spacial score (nSPS) is 20.9. The molecule has 0 saturated carbocycles. The molecule has 3 rings (SSSR count). The number of benzene rings is 2. The van der Waals surface area contributed by atoms with Crippen LogP contribution in [0, 0.1) is 0 Å². The van der Waals surface area contributed by atoms with Gasteiger partial charge in [-0.1, -0.05) is 43.3 Å². The highest BCUT2D eigenvalue weighted by molar-refractivity contribution is 5.34. The summed E-state index contributed by atoms with van der Waals surface area (Å²) in [5.41, 5.74) is 4.17. The van der Waals surface area contributed by atoms with E-state index in [2.05, 4.69) is 60.8 Å². The Morgan fingerprint density at radius 2 is 1.86 bits per heavy atom. The molecule has 1 aliphatic rings. The van der Waals surface area contributed by atoms with Crippen molar-refractivity contribution in [3.05, 3.63) is 65.2 Å². The number of ether oxygens (including phenoxy) is 1. The highest BCUT2D eigenvalue weighted by Crippen LogP contribution is 2.32. The summed E-state index contributed by atoms with van der Waals surface area (Å²) in [4.78, 5) is 0. The Hall–Kier alpha value is -1.80. The molecule has 0 heterocycles. The van der Waals surface area contributed by atoms with Crippen molar-refractivity contribution in [2.45, 2.75) is 38.3 Å². The van der Waals surface area contributed by atoms with Crippen molar-refractivity contribution in [1.29, 1.82) is 0 Å². The summed E-state index contributed by atoms with van der Waals surface area (Å²) in [7, 11) is 2.02. The van der Waals surface area contributed by atoms with Gasteiger partial charge < -0.3 is 10.1 Å². The van der Waals surface area contributed by atoms with E-state index in [0.29, 0.717) is 0 Å². The Labute approximate surface area is 127 Å². The second kappa shape index (κ2) is 6.31. The van der Waals surface area contributed by atoms with Crippen molar-refractivity contribution in [1.82, 2.24) is 5.32 Å². The van der Waals surface area contributed by atoms with E-state index < -0.39 is 0 Å². The van der Waals surface area contributed by atoms with E-state index in [0.717, 1.165) is 25.0 Å². The van der Waals surface area contributed by atoms with Gasteiger partial charge in [0.2, 0.25) is 0 Å². The van der Waals surface area contributed by atoms with Crippen molar-refractivity contribution in [2.24, 2.45) is 0 Å². The smallest absolute Gasteiger partial charge is 0.119 e. The van der Waals surface area contributed by atoms with Gasteiger partial charge in [0, 0.05) is 0 Å². The zero-order valence-electron chi connectivity index (χ0n) is 12.8. The average molecular weight is 281 g/mol. The lowest BCUT2D eigenvalue weighted by atomic mass is 9.85. The lowest BCUT2D eigenvalue weighted by Crippen LogP contribution is -2.37. The highest BCUT2D eigenvalue weighted by Gasteiger charge is 2.29. The topological polar surface area (TPSA) is 21.3 Å². The summed E-state index contributed by atoms with van der Waals surface area (Å²) in [6.07, 6.45) is 3.40. The summed E-state index contributed by atoms with van der Waals surface area (Å²) in [6.45, 7) is 2.17. The van der Waals surface area contributed by atoms with E-state index in [1.807, 2.05) is 7.05 Å². The monoisotopic (exact) mass is 281 g/mol. The first-order valence-corrected chi connectivity index (χ1v) is 7.82. The van der Waals surface area contributed by atoms with Gasteiger partial charge in [0.05, 0.1) is 6.04 Å². The van der Waals surface area contributed by atoms with Crippen LogP contribution in [0.3, 0.4) is 0 Å². The van der Waals surface area contributed by atoms with Crippen LogP contribution in [-0.2, 0) is 12.8 Å². The van der Waals surface area contributed by atoms with Crippen LogP contribution in [-0.4, -0.2) is 13.2 Å². The van der Waals surface area contributed by atoms with Gasteiger partial charge in [-0.2, -0.15) is 0 Å². The first kappa shape index (κ1) is 14.2. The third-order valence-corrected chi connectivity index (χ3v) is 4.39. The largest absolute Gasteiger partial charge is 0.488 e. The van der Waals surface area contributed by atoms with E-state index >= 15 is 0 Å². The summed E-state index contributed by atoms with van der Waals surface area (Å²) in [5.74, 6) is 0.969.